The summed E-state index contributed by atoms with van der Waals surface area (Å²) < 4.78 is 3.68. The third-order valence-corrected chi connectivity index (χ3v) is 5.28. The van der Waals surface area contributed by atoms with Crippen LogP contribution in [0.4, 0.5) is 5.69 Å². The fourth-order valence-electron chi connectivity index (χ4n) is 3.15. The van der Waals surface area contributed by atoms with Gasteiger partial charge in [-0.3, -0.25) is 0 Å². The smallest absolute Gasteiger partial charge is 0.187 e. The van der Waals surface area contributed by atoms with E-state index in [0.717, 1.165) is 5.39 Å². The predicted molar refractivity (Wildman–Crippen MR) is 99.4 cm³/mol. The number of thiophene rings is 1. The molecule has 0 atom stereocenters. The van der Waals surface area contributed by atoms with Gasteiger partial charge in [0.05, 0.1) is 17.1 Å². The summed E-state index contributed by atoms with van der Waals surface area (Å²) in [6.45, 7) is 11.6. The Bertz CT molecular complexity index is 1030. The first-order chi connectivity index (χ1) is 11.2. The van der Waals surface area contributed by atoms with E-state index in [0.29, 0.717) is 11.7 Å². The zero-order chi connectivity index (χ0) is 16.0. The van der Waals surface area contributed by atoms with Gasteiger partial charge in [0, 0.05) is 16.3 Å². The van der Waals surface area contributed by atoms with Gasteiger partial charge in [0.1, 0.15) is 0 Å². The summed E-state index contributed by atoms with van der Waals surface area (Å²) in [4.78, 5) is 4.83. The van der Waals surface area contributed by atoms with Crippen LogP contribution in [0.1, 0.15) is 19.9 Å². The molecular weight excluding hydrogens is 300 g/mol. The summed E-state index contributed by atoms with van der Waals surface area (Å²) in [6, 6.07) is 19.3. The minimum atomic E-state index is 0.367. The molecule has 0 aliphatic heterocycles. The summed E-state index contributed by atoms with van der Waals surface area (Å²) in [6.07, 6.45) is 0. The van der Waals surface area contributed by atoms with Gasteiger partial charge in [0.25, 0.3) is 0 Å². The molecule has 2 aromatic heterocycles. The van der Waals surface area contributed by atoms with Crippen molar-refractivity contribution in [3.8, 4) is 10.6 Å². The van der Waals surface area contributed by atoms with Crippen LogP contribution in [-0.2, 0) is 0 Å². The van der Waals surface area contributed by atoms with Crippen LogP contribution >= 0.6 is 11.3 Å². The molecule has 4 rings (SSSR count). The monoisotopic (exact) mass is 316 g/mol. The third kappa shape index (κ3) is 2.23. The van der Waals surface area contributed by atoms with Crippen molar-refractivity contribution in [2.45, 2.75) is 19.9 Å². The van der Waals surface area contributed by atoms with E-state index in [2.05, 4.69) is 65.7 Å². The first-order valence-corrected chi connectivity index (χ1v) is 8.50. The van der Waals surface area contributed by atoms with Crippen LogP contribution in [0.2, 0.25) is 0 Å². The second kappa shape index (κ2) is 5.26. The summed E-state index contributed by atoms with van der Waals surface area (Å²) in [5.74, 6) is 0. The van der Waals surface area contributed by atoms with Crippen molar-refractivity contribution in [3.63, 3.8) is 0 Å². The lowest BCUT2D eigenvalue weighted by atomic mass is 10.2. The molecule has 0 aliphatic rings. The Balaban J connectivity index is 2.01. The maximum atomic E-state index is 7.22. The average molecular weight is 316 g/mol. The van der Waals surface area contributed by atoms with Gasteiger partial charge in [-0.05, 0) is 55.0 Å². The van der Waals surface area contributed by atoms with E-state index < -0.39 is 0 Å². The Morgan fingerprint density at radius 2 is 1.83 bits per heavy atom. The summed E-state index contributed by atoms with van der Waals surface area (Å²) >= 11 is 1.83. The number of benzene rings is 2. The highest BCUT2D eigenvalue weighted by Crippen LogP contribution is 2.38. The molecular formula is C20H16N2S. The number of rotatable bonds is 2. The minimum Gasteiger partial charge on any atom is -0.337 e. The molecule has 0 saturated carbocycles. The fraction of sp³-hybridized carbons (Fsp3) is 0.150. The lowest BCUT2D eigenvalue weighted by Gasteiger charge is -2.13. The fourth-order valence-corrected chi connectivity index (χ4v) is 4.22. The number of hydrogen-bond acceptors (Lipinski definition) is 1. The standard InChI is InChI=1S/C20H16N2S/c1-13(2)22-17-9-8-16(21-3)10-15(17)11-18(22)20-12-14-6-4-5-7-19(14)23-20/h4-13H,1-2H3. The van der Waals surface area contributed by atoms with E-state index in [-0.39, 0.29) is 0 Å². The number of fused-ring (bicyclic) bond motifs is 2. The molecule has 0 unspecified atom stereocenters. The highest BCUT2D eigenvalue weighted by molar-refractivity contribution is 7.22. The van der Waals surface area contributed by atoms with Crippen molar-refractivity contribution in [1.29, 1.82) is 0 Å². The Morgan fingerprint density at radius 1 is 1.00 bits per heavy atom. The van der Waals surface area contributed by atoms with Crippen LogP contribution in [0.15, 0.2) is 54.6 Å². The molecule has 0 saturated heterocycles. The molecule has 2 heterocycles. The molecule has 112 valence electrons. The molecule has 2 nitrogen and oxygen atoms in total. The van der Waals surface area contributed by atoms with Crippen LogP contribution in [0, 0.1) is 6.57 Å². The first-order valence-electron chi connectivity index (χ1n) is 7.69. The van der Waals surface area contributed by atoms with E-state index >= 15 is 0 Å². The van der Waals surface area contributed by atoms with Crippen LogP contribution < -0.4 is 0 Å². The summed E-state index contributed by atoms with van der Waals surface area (Å²) in [7, 11) is 0. The quantitative estimate of drug-likeness (QED) is 0.366. The second-order valence-corrected chi connectivity index (χ2v) is 7.08. The van der Waals surface area contributed by atoms with Crippen LogP contribution in [0.3, 0.4) is 0 Å². The largest absolute Gasteiger partial charge is 0.337 e. The van der Waals surface area contributed by atoms with Crippen molar-refractivity contribution in [2.24, 2.45) is 0 Å². The lowest BCUT2D eigenvalue weighted by molar-refractivity contribution is 0.629. The third-order valence-electron chi connectivity index (χ3n) is 4.15. The number of hydrogen-bond donors (Lipinski definition) is 0. The number of nitrogens with zero attached hydrogens (tertiary/aromatic N) is 2. The average Bonchev–Trinajstić information content (AvgIpc) is 3.14. The van der Waals surface area contributed by atoms with Crippen LogP contribution in [0.5, 0.6) is 0 Å². The lowest BCUT2D eigenvalue weighted by Crippen LogP contribution is -2.01. The molecule has 0 spiro atoms. The van der Waals surface area contributed by atoms with Crippen LogP contribution in [0.25, 0.3) is 36.4 Å². The van der Waals surface area contributed by atoms with E-state index in [1.54, 1.807) is 0 Å². The Morgan fingerprint density at radius 3 is 2.57 bits per heavy atom. The summed E-state index contributed by atoms with van der Waals surface area (Å²) in [5, 5.41) is 2.43. The van der Waals surface area contributed by atoms with E-state index in [1.807, 2.05) is 23.5 Å². The van der Waals surface area contributed by atoms with Gasteiger partial charge in [0.15, 0.2) is 5.69 Å². The zero-order valence-corrected chi connectivity index (χ0v) is 13.9. The van der Waals surface area contributed by atoms with Crippen molar-refractivity contribution in [2.75, 3.05) is 0 Å². The van der Waals surface area contributed by atoms with Crippen molar-refractivity contribution >= 4 is 38.0 Å². The van der Waals surface area contributed by atoms with Gasteiger partial charge in [-0.25, -0.2) is 4.85 Å². The molecule has 3 heteroatoms. The molecule has 0 amide bonds. The van der Waals surface area contributed by atoms with E-state index in [1.165, 1.54) is 26.2 Å². The molecule has 4 aromatic rings. The highest BCUT2D eigenvalue weighted by atomic mass is 32.1. The molecule has 0 N–H and O–H groups in total. The minimum absolute atomic E-state index is 0.367. The van der Waals surface area contributed by atoms with Gasteiger partial charge in [-0.1, -0.05) is 24.3 Å². The highest BCUT2D eigenvalue weighted by Gasteiger charge is 2.15. The summed E-state index contributed by atoms with van der Waals surface area (Å²) in [5.41, 5.74) is 3.12. The maximum absolute atomic E-state index is 7.22. The van der Waals surface area contributed by atoms with Crippen molar-refractivity contribution in [1.82, 2.24) is 4.57 Å². The maximum Gasteiger partial charge on any atom is 0.187 e. The molecule has 2 aromatic carbocycles. The molecule has 23 heavy (non-hydrogen) atoms. The second-order valence-electron chi connectivity index (χ2n) is 6.00. The SMILES string of the molecule is [C-]#[N+]c1ccc2c(c1)cc(-c1cc3ccccc3s1)n2C(C)C. The van der Waals surface area contributed by atoms with Gasteiger partial charge in [-0.2, -0.15) is 0 Å². The predicted octanol–water partition coefficient (Wildman–Crippen LogP) is 6.65. The van der Waals surface area contributed by atoms with Crippen molar-refractivity contribution < 1.29 is 0 Å². The van der Waals surface area contributed by atoms with E-state index in [4.69, 9.17) is 6.57 Å². The van der Waals surface area contributed by atoms with Gasteiger partial charge in [-0.15, -0.1) is 11.3 Å². The topological polar surface area (TPSA) is 9.29 Å². The molecule has 0 aliphatic carbocycles. The van der Waals surface area contributed by atoms with Gasteiger partial charge < -0.3 is 4.57 Å². The Labute approximate surface area is 139 Å². The molecule has 0 bridgehead atoms. The zero-order valence-electron chi connectivity index (χ0n) is 13.1. The van der Waals surface area contributed by atoms with Gasteiger partial charge in [0.2, 0.25) is 0 Å². The van der Waals surface area contributed by atoms with Crippen LogP contribution in [-0.4, -0.2) is 4.57 Å². The Hall–Kier alpha value is -2.57. The molecule has 0 fully saturated rings. The first kappa shape index (κ1) is 14.0. The molecule has 0 radical (unpaired) electrons. The van der Waals surface area contributed by atoms with E-state index in [9.17, 15) is 0 Å². The van der Waals surface area contributed by atoms with Gasteiger partial charge >= 0.3 is 0 Å². The number of aromatic nitrogens is 1. The Kier molecular flexibility index (Phi) is 3.21. The van der Waals surface area contributed by atoms with Crippen molar-refractivity contribution in [3.05, 3.63) is 66.0 Å². The normalized spacial score (nSPS) is 11.4.